The van der Waals surface area contributed by atoms with E-state index in [2.05, 4.69) is 13.4 Å². The van der Waals surface area contributed by atoms with Crippen LogP contribution in [0, 0.1) is 0 Å². The zero-order valence-electron chi connectivity index (χ0n) is 6.65. The van der Waals surface area contributed by atoms with Crippen LogP contribution in [0.25, 0.3) is 0 Å². The van der Waals surface area contributed by atoms with Gasteiger partial charge in [0.15, 0.2) is 0 Å². The van der Waals surface area contributed by atoms with Gasteiger partial charge in [0.2, 0.25) is 5.88 Å². The maximum Gasteiger partial charge on any atom is 0.524 e. The molecule has 7 nitrogen and oxygen atoms in total. The molecule has 1 aromatic heterocycles. The van der Waals surface area contributed by atoms with Crippen molar-refractivity contribution >= 4 is 16.6 Å². The van der Waals surface area contributed by atoms with Crippen LogP contribution in [0.1, 0.15) is 0 Å². The second-order valence-corrected chi connectivity index (χ2v) is 3.16. The van der Waals surface area contributed by atoms with Crippen molar-refractivity contribution < 1.29 is 26.7 Å². The van der Waals surface area contributed by atoms with Crippen molar-refractivity contribution in [2.75, 3.05) is 0 Å². The number of hydrogen-bond donors (Lipinski definition) is 1. The molecule has 14 heavy (non-hydrogen) atoms. The fraction of sp³-hybridized carbons (Fsp3) is 0. The molecule has 0 saturated heterocycles. The molecule has 0 fully saturated rings. The van der Waals surface area contributed by atoms with Crippen LogP contribution in [0.15, 0.2) is 24.4 Å². The summed E-state index contributed by atoms with van der Waals surface area (Å²) in [4.78, 5) is 13.4. The van der Waals surface area contributed by atoms with Crippen molar-refractivity contribution in [2.45, 2.75) is 0 Å². The van der Waals surface area contributed by atoms with Crippen LogP contribution in [0.5, 0.6) is 5.88 Å². The van der Waals surface area contributed by atoms with E-state index in [1.807, 2.05) is 0 Å². The summed E-state index contributed by atoms with van der Waals surface area (Å²) in [7, 11) is -4.60. The Kier molecular flexibility index (Phi) is 2.87. The molecule has 0 radical (unpaired) electrons. The van der Waals surface area contributed by atoms with E-state index in [0.29, 0.717) is 0 Å². The molecular formula is C6H5NO6S. The summed E-state index contributed by atoms with van der Waals surface area (Å²) < 4.78 is 29.1. The molecule has 76 valence electrons. The van der Waals surface area contributed by atoms with Crippen LogP contribution in [0.4, 0.5) is 4.79 Å². The highest BCUT2D eigenvalue weighted by Gasteiger charge is 2.19. The molecule has 0 saturated carbocycles. The van der Waals surface area contributed by atoms with Crippen LogP contribution in [-0.2, 0) is 14.6 Å². The van der Waals surface area contributed by atoms with Crippen molar-refractivity contribution in [2.24, 2.45) is 0 Å². The molecule has 0 bridgehead atoms. The second kappa shape index (κ2) is 3.92. The van der Waals surface area contributed by atoms with Gasteiger partial charge in [-0.3, -0.25) is 4.18 Å². The van der Waals surface area contributed by atoms with Crippen LogP contribution < -0.4 is 4.18 Å². The standard InChI is InChI=1S/C6H5NO6S/c8-6(9)13-14(10,11)12-5-3-1-2-4-7-5/h1-4H,(H,8,9). The number of pyridine rings is 1. The SMILES string of the molecule is O=C(O)OS(=O)(=O)Oc1ccccn1. The van der Waals surface area contributed by atoms with E-state index < -0.39 is 16.6 Å². The van der Waals surface area contributed by atoms with Gasteiger partial charge in [-0.05, 0) is 6.07 Å². The lowest BCUT2D eigenvalue weighted by atomic mass is 10.5. The maximum absolute atomic E-state index is 10.7. The number of rotatable bonds is 3. The summed E-state index contributed by atoms with van der Waals surface area (Å²) in [5.74, 6) is -0.270. The van der Waals surface area contributed by atoms with Gasteiger partial charge >= 0.3 is 16.6 Å². The van der Waals surface area contributed by atoms with Gasteiger partial charge in [0.1, 0.15) is 0 Å². The number of hydrogen-bond acceptors (Lipinski definition) is 6. The Labute approximate surface area is 79.2 Å². The lowest BCUT2D eigenvalue weighted by Gasteiger charge is -2.01. The molecule has 1 aromatic rings. The smallest absolute Gasteiger partial charge is 0.449 e. The first-order valence-electron chi connectivity index (χ1n) is 3.27. The lowest BCUT2D eigenvalue weighted by molar-refractivity contribution is 0.141. The Hall–Kier alpha value is -1.83. The molecule has 1 N–H and O–H groups in total. The Morgan fingerprint density at radius 2 is 2.14 bits per heavy atom. The first-order valence-corrected chi connectivity index (χ1v) is 4.61. The second-order valence-electron chi connectivity index (χ2n) is 2.01. The van der Waals surface area contributed by atoms with E-state index in [1.165, 1.54) is 24.4 Å². The highest BCUT2D eigenvalue weighted by molar-refractivity contribution is 7.82. The Morgan fingerprint density at radius 3 is 2.64 bits per heavy atom. The topological polar surface area (TPSA) is 103 Å². The van der Waals surface area contributed by atoms with Gasteiger partial charge in [0.25, 0.3) is 0 Å². The maximum atomic E-state index is 10.7. The largest absolute Gasteiger partial charge is 0.524 e. The van der Waals surface area contributed by atoms with Crippen LogP contribution in [-0.4, -0.2) is 24.7 Å². The minimum absolute atomic E-state index is 0.270. The van der Waals surface area contributed by atoms with E-state index in [1.54, 1.807) is 0 Å². The van der Waals surface area contributed by atoms with E-state index in [4.69, 9.17) is 5.11 Å². The first-order chi connectivity index (χ1) is 6.49. The number of carbonyl (C=O) groups is 1. The van der Waals surface area contributed by atoms with Gasteiger partial charge in [-0.25, -0.2) is 9.78 Å². The zero-order valence-corrected chi connectivity index (χ0v) is 7.47. The molecule has 0 atom stereocenters. The third-order valence-corrected chi connectivity index (χ3v) is 1.72. The molecule has 1 rings (SSSR count). The highest BCUT2D eigenvalue weighted by Crippen LogP contribution is 2.08. The third kappa shape index (κ3) is 3.27. The molecule has 8 heteroatoms. The minimum Gasteiger partial charge on any atom is -0.449 e. The van der Waals surface area contributed by atoms with Crippen LogP contribution in [0.2, 0.25) is 0 Å². The molecule has 0 aromatic carbocycles. The highest BCUT2D eigenvalue weighted by atomic mass is 32.3. The molecular weight excluding hydrogens is 214 g/mol. The fourth-order valence-electron chi connectivity index (χ4n) is 0.605. The lowest BCUT2D eigenvalue weighted by Crippen LogP contribution is -2.17. The Morgan fingerprint density at radius 1 is 1.43 bits per heavy atom. The van der Waals surface area contributed by atoms with Gasteiger partial charge < -0.3 is 9.29 Å². The first kappa shape index (κ1) is 10.3. The fourth-order valence-corrected chi connectivity index (χ4v) is 1.12. The third-order valence-electron chi connectivity index (χ3n) is 0.999. The molecule has 0 aliphatic rings. The Balaban J connectivity index is 2.74. The summed E-state index contributed by atoms with van der Waals surface area (Å²) in [6, 6.07) is 4.25. The molecule has 0 aliphatic heterocycles. The summed E-state index contributed by atoms with van der Waals surface area (Å²) in [5, 5.41) is 8.03. The van der Waals surface area contributed by atoms with Gasteiger partial charge in [-0.1, -0.05) is 6.07 Å². The van der Waals surface area contributed by atoms with E-state index >= 15 is 0 Å². The van der Waals surface area contributed by atoms with E-state index in [-0.39, 0.29) is 5.88 Å². The monoisotopic (exact) mass is 219 g/mol. The molecule has 1 heterocycles. The summed E-state index contributed by atoms with van der Waals surface area (Å²) in [6.07, 6.45) is -0.688. The minimum atomic E-state index is -4.60. The predicted octanol–water partition coefficient (Wildman–Crippen LogP) is 0.400. The molecule has 0 spiro atoms. The van der Waals surface area contributed by atoms with E-state index in [0.717, 1.165) is 0 Å². The average molecular weight is 219 g/mol. The van der Waals surface area contributed by atoms with Crippen molar-refractivity contribution in [1.82, 2.24) is 4.98 Å². The van der Waals surface area contributed by atoms with Crippen molar-refractivity contribution in [3.05, 3.63) is 24.4 Å². The van der Waals surface area contributed by atoms with Gasteiger partial charge in [-0.15, -0.1) is 8.42 Å². The summed E-state index contributed by atoms with van der Waals surface area (Å²) >= 11 is 0. The van der Waals surface area contributed by atoms with Gasteiger partial charge in [0.05, 0.1) is 0 Å². The number of carboxylic acid groups (broad SMARTS) is 1. The number of nitrogens with zero attached hydrogens (tertiary/aromatic N) is 1. The van der Waals surface area contributed by atoms with Gasteiger partial charge in [-0.2, -0.15) is 0 Å². The normalized spacial score (nSPS) is 10.6. The summed E-state index contributed by atoms with van der Waals surface area (Å²) in [5.41, 5.74) is 0. The van der Waals surface area contributed by atoms with Crippen LogP contribution >= 0.6 is 0 Å². The van der Waals surface area contributed by atoms with E-state index in [9.17, 15) is 13.2 Å². The number of aromatic nitrogens is 1. The zero-order chi connectivity index (χ0) is 10.6. The summed E-state index contributed by atoms with van der Waals surface area (Å²) in [6.45, 7) is 0. The van der Waals surface area contributed by atoms with Crippen molar-refractivity contribution in [3.8, 4) is 5.88 Å². The van der Waals surface area contributed by atoms with Crippen molar-refractivity contribution in [1.29, 1.82) is 0 Å². The molecule has 0 amide bonds. The molecule has 0 aliphatic carbocycles. The Bertz CT molecular complexity index is 413. The predicted molar refractivity (Wildman–Crippen MR) is 42.9 cm³/mol. The average Bonchev–Trinajstić information content (AvgIpc) is 2.02. The van der Waals surface area contributed by atoms with Gasteiger partial charge in [0, 0.05) is 12.3 Å². The van der Waals surface area contributed by atoms with Crippen molar-refractivity contribution in [3.63, 3.8) is 0 Å². The molecule has 0 unspecified atom stereocenters. The van der Waals surface area contributed by atoms with Crippen LogP contribution in [0.3, 0.4) is 0 Å². The quantitative estimate of drug-likeness (QED) is 0.784.